The number of nitrogens with zero attached hydrogens (tertiary/aromatic N) is 2. The fourth-order valence-corrected chi connectivity index (χ4v) is 4.44. The summed E-state index contributed by atoms with van der Waals surface area (Å²) < 4.78 is 5.57. The summed E-state index contributed by atoms with van der Waals surface area (Å²) in [6.45, 7) is 2.04. The first-order valence-electron chi connectivity index (χ1n) is 15.1. The number of H-pyrrole nitrogens is 1. The lowest BCUT2D eigenvalue weighted by Crippen LogP contribution is -2.29. The fraction of sp³-hybridized carbons (Fsp3) is 0.469. The molecule has 0 bridgehead atoms. The topological polar surface area (TPSA) is 138 Å². The number of carbonyl (C=O) groups is 3. The fourth-order valence-electron chi connectivity index (χ4n) is 4.44. The van der Waals surface area contributed by atoms with Crippen molar-refractivity contribution in [2.45, 2.75) is 70.6 Å². The van der Waals surface area contributed by atoms with Crippen molar-refractivity contribution in [1.29, 1.82) is 0 Å². The van der Waals surface area contributed by atoms with Crippen LogP contribution in [0.2, 0.25) is 0 Å². The van der Waals surface area contributed by atoms with Gasteiger partial charge in [0.1, 0.15) is 18.1 Å². The lowest BCUT2D eigenvalue weighted by Gasteiger charge is -2.08. The Hall–Kier alpha value is -4.21. The zero-order valence-corrected chi connectivity index (χ0v) is 24.4. The number of carbonyl (C=O) groups excluding carboxylic acids is 3. The van der Waals surface area contributed by atoms with Crippen molar-refractivity contribution in [3.8, 4) is 17.0 Å². The van der Waals surface area contributed by atoms with Gasteiger partial charge in [0.15, 0.2) is 0 Å². The van der Waals surface area contributed by atoms with Crippen molar-refractivity contribution in [2.24, 2.45) is 0 Å². The van der Waals surface area contributed by atoms with Crippen LogP contribution in [0.25, 0.3) is 11.3 Å². The third kappa shape index (κ3) is 13.4. The van der Waals surface area contributed by atoms with Crippen molar-refractivity contribution in [2.75, 3.05) is 26.2 Å². The van der Waals surface area contributed by atoms with Gasteiger partial charge in [-0.25, -0.2) is 0 Å². The summed E-state index contributed by atoms with van der Waals surface area (Å²) in [4.78, 5) is 36.3. The van der Waals surface area contributed by atoms with Crippen LogP contribution in [-0.2, 0) is 9.59 Å². The predicted molar refractivity (Wildman–Crippen MR) is 163 cm³/mol. The van der Waals surface area contributed by atoms with Gasteiger partial charge in [-0.15, -0.1) is 0 Å². The lowest BCUT2D eigenvalue weighted by atomic mass is 10.1. The molecule has 0 fully saturated rings. The zero-order chi connectivity index (χ0) is 29.7. The Morgan fingerprint density at radius 3 is 1.88 bits per heavy atom. The highest BCUT2D eigenvalue weighted by molar-refractivity contribution is 5.94. The quantitative estimate of drug-likeness (QED) is 0.134. The maximum absolute atomic E-state index is 12.3. The Morgan fingerprint density at radius 2 is 1.26 bits per heavy atom. The van der Waals surface area contributed by atoms with E-state index in [0.717, 1.165) is 68.4 Å². The molecule has 2 aromatic carbocycles. The van der Waals surface area contributed by atoms with Crippen molar-refractivity contribution in [1.82, 2.24) is 31.4 Å². The molecule has 0 spiro atoms. The molecule has 10 heteroatoms. The molecular formula is C32H44N6O4. The standard InChI is InChI=1S/C32H44N6O4/c39-30(33-21-12-22-35-32(41)27-19-17-26(18-20-27)29-25-36-38-37-29)15-10-5-3-1-2-4-6-11-16-31(40)34-23-24-42-28-13-8-7-9-14-28/h7-9,13-14,17-20,25H,1-6,10-12,15-16,21-24H2,(H,33,39)(H,34,40)(H,35,41)(H,36,37,38). The molecule has 0 radical (unpaired) electrons. The second-order valence-electron chi connectivity index (χ2n) is 10.2. The van der Waals surface area contributed by atoms with Crippen LogP contribution in [0.3, 0.4) is 0 Å². The zero-order valence-electron chi connectivity index (χ0n) is 24.4. The monoisotopic (exact) mass is 576 g/mol. The highest BCUT2D eigenvalue weighted by atomic mass is 16.5. The molecule has 0 atom stereocenters. The van der Waals surface area contributed by atoms with Gasteiger partial charge in [0.05, 0.1) is 12.7 Å². The number of amides is 3. The van der Waals surface area contributed by atoms with E-state index < -0.39 is 0 Å². The Labute approximate surface area is 248 Å². The highest BCUT2D eigenvalue weighted by Crippen LogP contribution is 2.16. The van der Waals surface area contributed by atoms with E-state index in [1.165, 1.54) is 0 Å². The van der Waals surface area contributed by atoms with Gasteiger partial charge in [-0.3, -0.25) is 14.4 Å². The number of hydrogen-bond donors (Lipinski definition) is 4. The molecule has 3 rings (SSSR count). The molecule has 3 aromatic rings. The summed E-state index contributed by atoms with van der Waals surface area (Å²) in [6, 6.07) is 16.8. The number of hydrogen-bond acceptors (Lipinski definition) is 6. The van der Waals surface area contributed by atoms with Crippen molar-refractivity contribution in [3.63, 3.8) is 0 Å². The number of unbranched alkanes of at least 4 members (excludes halogenated alkanes) is 7. The lowest BCUT2D eigenvalue weighted by molar-refractivity contribution is -0.122. The van der Waals surface area contributed by atoms with E-state index in [1.807, 2.05) is 42.5 Å². The smallest absolute Gasteiger partial charge is 0.251 e. The summed E-state index contributed by atoms with van der Waals surface area (Å²) in [5.41, 5.74) is 2.19. The Morgan fingerprint density at radius 1 is 0.667 bits per heavy atom. The Bertz CT molecular complexity index is 1170. The van der Waals surface area contributed by atoms with Gasteiger partial charge in [0.25, 0.3) is 5.91 Å². The molecule has 4 N–H and O–H groups in total. The number of ether oxygens (including phenoxy) is 1. The molecule has 0 aliphatic rings. The van der Waals surface area contributed by atoms with Crippen LogP contribution < -0.4 is 20.7 Å². The van der Waals surface area contributed by atoms with Gasteiger partial charge in [0.2, 0.25) is 11.8 Å². The molecule has 0 aliphatic carbocycles. The van der Waals surface area contributed by atoms with E-state index in [4.69, 9.17) is 4.74 Å². The number of aromatic nitrogens is 3. The van der Waals surface area contributed by atoms with Gasteiger partial charge in [-0.05, 0) is 43.5 Å². The van der Waals surface area contributed by atoms with E-state index in [0.29, 0.717) is 51.1 Å². The summed E-state index contributed by atoms with van der Waals surface area (Å²) in [5.74, 6) is 0.823. The van der Waals surface area contributed by atoms with E-state index in [2.05, 4.69) is 31.4 Å². The molecule has 0 aliphatic heterocycles. The average Bonchev–Trinajstić information content (AvgIpc) is 3.56. The summed E-state index contributed by atoms with van der Waals surface area (Å²) in [7, 11) is 0. The summed E-state index contributed by atoms with van der Waals surface area (Å²) in [5, 5.41) is 19.1. The van der Waals surface area contributed by atoms with Crippen LogP contribution in [0.5, 0.6) is 5.75 Å². The summed E-state index contributed by atoms with van der Waals surface area (Å²) in [6.07, 6.45) is 11.9. The second kappa shape index (κ2) is 19.8. The van der Waals surface area contributed by atoms with Crippen LogP contribution in [0, 0.1) is 0 Å². The predicted octanol–water partition coefficient (Wildman–Crippen LogP) is 4.80. The minimum atomic E-state index is -0.140. The first kappa shape index (κ1) is 32.3. The van der Waals surface area contributed by atoms with Gasteiger partial charge >= 0.3 is 0 Å². The van der Waals surface area contributed by atoms with Gasteiger partial charge < -0.3 is 20.7 Å². The third-order valence-corrected chi connectivity index (χ3v) is 6.81. The van der Waals surface area contributed by atoms with Crippen molar-refractivity contribution < 1.29 is 19.1 Å². The van der Waals surface area contributed by atoms with E-state index >= 15 is 0 Å². The van der Waals surface area contributed by atoms with Crippen LogP contribution in [0.15, 0.2) is 60.8 Å². The van der Waals surface area contributed by atoms with Crippen molar-refractivity contribution >= 4 is 17.7 Å². The van der Waals surface area contributed by atoms with E-state index in [9.17, 15) is 14.4 Å². The second-order valence-corrected chi connectivity index (χ2v) is 10.2. The number of benzene rings is 2. The van der Waals surface area contributed by atoms with Gasteiger partial charge in [-0.1, -0.05) is 68.9 Å². The number of aromatic amines is 1. The van der Waals surface area contributed by atoms with Gasteiger partial charge in [-0.2, -0.15) is 15.4 Å². The first-order chi connectivity index (χ1) is 20.6. The molecule has 1 heterocycles. The minimum Gasteiger partial charge on any atom is -0.492 e. The number of nitrogens with one attached hydrogen (secondary N) is 4. The molecule has 0 saturated carbocycles. The molecule has 42 heavy (non-hydrogen) atoms. The minimum absolute atomic E-state index is 0.0645. The molecule has 3 amide bonds. The van der Waals surface area contributed by atoms with Gasteiger partial charge in [0, 0.05) is 37.1 Å². The summed E-state index contributed by atoms with van der Waals surface area (Å²) >= 11 is 0. The first-order valence-corrected chi connectivity index (χ1v) is 15.1. The molecular weight excluding hydrogens is 532 g/mol. The Balaban J connectivity index is 1.06. The van der Waals surface area contributed by atoms with E-state index in [1.54, 1.807) is 18.3 Å². The van der Waals surface area contributed by atoms with Crippen LogP contribution in [0.1, 0.15) is 81.0 Å². The van der Waals surface area contributed by atoms with Crippen LogP contribution in [-0.4, -0.2) is 59.4 Å². The third-order valence-electron chi connectivity index (χ3n) is 6.81. The number of rotatable bonds is 21. The Kier molecular flexibility index (Phi) is 15.2. The molecule has 0 saturated heterocycles. The van der Waals surface area contributed by atoms with Crippen LogP contribution >= 0.6 is 0 Å². The largest absolute Gasteiger partial charge is 0.492 e. The molecule has 1 aromatic heterocycles. The normalized spacial score (nSPS) is 10.7. The molecule has 10 nitrogen and oxygen atoms in total. The molecule has 0 unspecified atom stereocenters. The van der Waals surface area contributed by atoms with E-state index in [-0.39, 0.29) is 17.7 Å². The maximum Gasteiger partial charge on any atom is 0.251 e. The SMILES string of the molecule is O=C(CCCCCCCCCCC(=O)NCCOc1ccccc1)NCCCNC(=O)c1ccc(-c2cn[nH]n2)cc1. The van der Waals surface area contributed by atoms with Crippen LogP contribution in [0.4, 0.5) is 0 Å². The van der Waals surface area contributed by atoms with Crippen molar-refractivity contribution in [3.05, 3.63) is 66.4 Å². The highest BCUT2D eigenvalue weighted by Gasteiger charge is 2.07. The average molecular weight is 577 g/mol. The maximum atomic E-state index is 12.3. The molecule has 226 valence electrons. The number of para-hydroxylation sites is 1.